The van der Waals surface area contributed by atoms with E-state index in [4.69, 9.17) is 21.5 Å². The van der Waals surface area contributed by atoms with E-state index in [9.17, 15) is 9.59 Å². The summed E-state index contributed by atoms with van der Waals surface area (Å²) in [4.78, 5) is 26.2. The van der Waals surface area contributed by atoms with E-state index in [1.807, 2.05) is 12.1 Å². The normalized spacial score (nSPS) is 15.2. The Morgan fingerprint density at radius 2 is 1.92 bits per heavy atom. The summed E-state index contributed by atoms with van der Waals surface area (Å²) in [5.74, 6) is -0.330. The largest absolute Gasteiger partial charge is 0.476 e. The molecule has 1 heterocycles. The number of nitrogens with zero attached hydrogens (tertiary/aromatic N) is 1. The lowest BCUT2D eigenvalue weighted by Crippen LogP contribution is -2.53. The van der Waals surface area contributed by atoms with Crippen molar-refractivity contribution >= 4 is 29.1 Å². The minimum atomic E-state index is -1.01. The van der Waals surface area contributed by atoms with Gasteiger partial charge in [0, 0.05) is 17.1 Å². The summed E-state index contributed by atoms with van der Waals surface area (Å²) in [7, 11) is 0. The van der Waals surface area contributed by atoms with E-state index >= 15 is 0 Å². The van der Waals surface area contributed by atoms with Gasteiger partial charge < -0.3 is 9.64 Å². The number of fused-ring (bicyclic) bond motifs is 1. The van der Waals surface area contributed by atoms with E-state index in [1.54, 1.807) is 42.4 Å². The molecule has 0 saturated carbocycles. The maximum Gasteiger partial charge on any atom is 0.274 e. The molecule has 0 unspecified atom stereocenters. The van der Waals surface area contributed by atoms with Crippen molar-refractivity contribution in [2.24, 2.45) is 0 Å². The number of carbonyl (C=O) groups is 2. The van der Waals surface area contributed by atoms with Crippen LogP contribution in [0.4, 0.5) is 5.69 Å². The molecule has 2 aromatic rings. The molecule has 0 atom stereocenters. The van der Waals surface area contributed by atoms with Gasteiger partial charge in [-0.15, -0.1) is 0 Å². The molecule has 26 heavy (non-hydrogen) atoms. The van der Waals surface area contributed by atoms with Gasteiger partial charge in [-0.2, -0.15) is 0 Å². The highest BCUT2D eigenvalue weighted by Gasteiger charge is 2.40. The number of anilines is 1. The molecule has 3 rings (SSSR count). The molecule has 1 aliphatic heterocycles. The first-order chi connectivity index (χ1) is 12.3. The molecule has 2 N–H and O–H groups in total. The Labute approximate surface area is 156 Å². The number of hydrogen-bond acceptors (Lipinski definition) is 4. The summed E-state index contributed by atoms with van der Waals surface area (Å²) in [6, 6.07) is 12.1. The quantitative estimate of drug-likeness (QED) is 0.636. The van der Waals surface area contributed by atoms with E-state index in [2.05, 4.69) is 0 Å². The van der Waals surface area contributed by atoms with Crippen LogP contribution in [0.25, 0.3) is 0 Å². The third-order valence-corrected chi connectivity index (χ3v) is 4.53. The predicted molar refractivity (Wildman–Crippen MR) is 97.9 cm³/mol. The average Bonchev–Trinajstić information content (AvgIpc) is 2.62. The highest BCUT2D eigenvalue weighted by atomic mass is 35.5. The lowest BCUT2D eigenvalue weighted by atomic mass is 10.0. The summed E-state index contributed by atoms with van der Waals surface area (Å²) in [6.45, 7) is 3.84. The number of benzene rings is 2. The molecule has 0 bridgehead atoms. The fraction of sp³-hybridized carbons (Fsp3) is 0.263. The second kappa shape index (κ2) is 6.97. The molecular weight excluding hydrogens is 356 g/mol. The molecule has 0 fully saturated rings. The Morgan fingerprint density at radius 3 is 2.58 bits per heavy atom. The number of ether oxygens (including phenoxy) is 1. The van der Waals surface area contributed by atoms with Crippen molar-refractivity contribution in [3.63, 3.8) is 0 Å². The van der Waals surface area contributed by atoms with E-state index < -0.39 is 11.5 Å². The number of carbonyl (C=O) groups excluding carboxylic acids is 2. The highest BCUT2D eigenvalue weighted by Crippen LogP contribution is 2.38. The molecule has 1 aliphatic rings. The van der Waals surface area contributed by atoms with Crippen LogP contribution in [0.3, 0.4) is 0 Å². The third kappa shape index (κ3) is 3.52. The van der Waals surface area contributed by atoms with Crippen LogP contribution in [0, 0.1) is 0 Å². The SMILES string of the molecule is CC1(C)Oc2ccc(C(=O)NO)cc2N(CCc2ccc(Cl)cc2)C1=O. The molecule has 0 saturated heterocycles. The van der Waals surface area contributed by atoms with Crippen molar-refractivity contribution < 1.29 is 19.5 Å². The van der Waals surface area contributed by atoms with E-state index in [-0.39, 0.29) is 11.5 Å². The molecule has 0 aromatic heterocycles. The van der Waals surface area contributed by atoms with Gasteiger partial charge in [-0.05, 0) is 56.2 Å². The summed E-state index contributed by atoms with van der Waals surface area (Å²) in [5.41, 5.74) is 2.37. The second-order valence-corrected chi connectivity index (χ2v) is 7.01. The Kier molecular flexibility index (Phi) is 4.89. The molecule has 0 spiro atoms. The van der Waals surface area contributed by atoms with Crippen molar-refractivity contribution in [2.45, 2.75) is 25.9 Å². The molecule has 0 aliphatic carbocycles. The van der Waals surface area contributed by atoms with Gasteiger partial charge in [-0.1, -0.05) is 23.7 Å². The minimum Gasteiger partial charge on any atom is -0.476 e. The topological polar surface area (TPSA) is 78.9 Å². The Balaban J connectivity index is 1.93. The number of amides is 2. The number of halogens is 1. The standard InChI is InChI=1S/C19H19ClN2O4/c1-19(2)18(24)22(10-9-12-3-6-14(20)7-4-12)15-11-13(17(23)21-25)5-8-16(15)26-19/h3-8,11,25H,9-10H2,1-2H3,(H,21,23). The Morgan fingerprint density at radius 1 is 1.23 bits per heavy atom. The van der Waals surface area contributed by atoms with Gasteiger partial charge in [0.2, 0.25) is 0 Å². The van der Waals surface area contributed by atoms with Crippen molar-refractivity contribution in [1.82, 2.24) is 5.48 Å². The summed E-state index contributed by atoms with van der Waals surface area (Å²) < 4.78 is 5.80. The van der Waals surface area contributed by atoms with Gasteiger partial charge in [0.05, 0.1) is 5.69 Å². The van der Waals surface area contributed by atoms with Crippen molar-refractivity contribution in [3.8, 4) is 5.75 Å². The average molecular weight is 375 g/mol. The monoisotopic (exact) mass is 374 g/mol. The molecule has 136 valence electrons. The first-order valence-corrected chi connectivity index (χ1v) is 8.53. The van der Waals surface area contributed by atoms with Crippen LogP contribution in [0.2, 0.25) is 5.02 Å². The van der Waals surface area contributed by atoms with Gasteiger partial charge in [-0.25, -0.2) is 5.48 Å². The van der Waals surface area contributed by atoms with Crippen LogP contribution in [0.1, 0.15) is 29.8 Å². The molecular formula is C19H19ClN2O4. The van der Waals surface area contributed by atoms with Crippen LogP contribution in [-0.2, 0) is 11.2 Å². The molecule has 0 radical (unpaired) electrons. The van der Waals surface area contributed by atoms with Crippen molar-refractivity contribution in [2.75, 3.05) is 11.4 Å². The lowest BCUT2D eigenvalue weighted by Gasteiger charge is -2.39. The summed E-state index contributed by atoms with van der Waals surface area (Å²) in [6.07, 6.45) is 0.620. The fourth-order valence-corrected chi connectivity index (χ4v) is 3.01. The first kappa shape index (κ1) is 18.2. The van der Waals surface area contributed by atoms with Gasteiger partial charge in [0.15, 0.2) is 5.60 Å². The lowest BCUT2D eigenvalue weighted by molar-refractivity contribution is -0.132. The van der Waals surface area contributed by atoms with Gasteiger partial charge >= 0.3 is 0 Å². The smallest absolute Gasteiger partial charge is 0.274 e. The molecule has 2 aromatic carbocycles. The van der Waals surface area contributed by atoms with Crippen molar-refractivity contribution in [3.05, 3.63) is 58.6 Å². The molecule has 2 amide bonds. The third-order valence-electron chi connectivity index (χ3n) is 4.28. The van der Waals surface area contributed by atoms with Gasteiger partial charge in [0.25, 0.3) is 11.8 Å². The Hall–Kier alpha value is -2.57. The summed E-state index contributed by atoms with van der Waals surface area (Å²) >= 11 is 5.91. The maximum absolute atomic E-state index is 12.9. The zero-order valence-corrected chi connectivity index (χ0v) is 15.2. The second-order valence-electron chi connectivity index (χ2n) is 6.57. The molecule has 6 nitrogen and oxygen atoms in total. The molecule has 7 heteroatoms. The first-order valence-electron chi connectivity index (χ1n) is 8.16. The maximum atomic E-state index is 12.9. The van der Waals surface area contributed by atoms with E-state index in [1.165, 1.54) is 12.1 Å². The zero-order valence-electron chi connectivity index (χ0n) is 14.5. The Bertz CT molecular complexity index is 849. The van der Waals surface area contributed by atoms with Crippen molar-refractivity contribution in [1.29, 1.82) is 0 Å². The number of hydroxylamine groups is 1. The highest BCUT2D eigenvalue weighted by molar-refractivity contribution is 6.30. The van der Waals surface area contributed by atoms with Crippen LogP contribution in [-0.4, -0.2) is 29.2 Å². The zero-order chi connectivity index (χ0) is 18.9. The number of nitrogens with one attached hydrogen (secondary N) is 1. The van der Waals surface area contributed by atoms with E-state index in [0.717, 1.165) is 5.56 Å². The van der Waals surface area contributed by atoms with Crippen LogP contribution in [0.5, 0.6) is 5.75 Å². The minimum absolute atomic E-state index is 0.194. The summed E-state index contributed by atoms with van der Waals surface area (Å²) in [5, 5.41) is 9.50. The van der Waals surface area contributed by atoms with Crippen LogP contribution in [0.15, 0.2) is 42.5 Å². The number of hydrogen-bond donors (Lipinski definition) is 2. The number of rotatable bonds is 4. The van der Waals surface area contributed by atoms with E-state index in [0.29, 0.717) is 29.4 Å². The van der Waals surface area contributed by atoms with Crippen LogP contribution < -0.4 is 15.1 Å². The van der Waals surface area contributed by atoms with Gasteiger partial charge in [-0.3, -0.25) is 14.8 Å². The van der Waals surface area contributed by atoms with Crippen LogP contribution >= 0.6 is 11.6 Å². The fourth-order valence-electron chi connectivity index (χ4n) is 2.89. The van der Waals surface area contributed by atoms with Gasteiger partial charge in [0.1, 0.15) is 5.75 Å². The predicted octanol–water partition coefficient (Wildman–Crippen LogP) is 3.21.